The minimum absolute atomic E-state index is 0.563. The van der Waals surface area contributed by atoms with Gasteiger partial charge in [0.1, 0.15) is 0 Å². The third-order valence-electron chi connectivity index (χ3n) is 6.40. The molecule has 0 amide bonds. The van der Waals surface area contributed by atoms with E-state index in [0.717, 1.165) is 41.4 Å². The zero-order valence-corrected chi connectivity index (χ0v) is 21.8. The summed E-state index contributed by atoms with van der Waals surface area (Å²) in [5, 5.41) is 3.70. The predicted octanol–water partition coefficient (Wildman–Crippen LogP) is 7.61. The lowest BCUT2D eigenvalue weighted by Gasteiger charge is -2.22. The van der Waals surface area contributed by atoms with Crippen LogP contribution < -0.4 is 9.47 Å². The second kappa shape index (κ2) is 11.1. The second-order valence-electron chi connectivity index (χ2n) is 8.79. The van der Waals surface area contributed by atoms with Gasteiger partial charge in [0.2, 0.25) is 16.9 Å². The monoisotopic (exact) mass is 512 g/mol. The van der Waals surface area contributed by atoms with Gasteiger partial charge >= 0.3 is 0 Å². The summed E-state index contributed by atoms with van der Waals surface area (Å²) in [5.41, 5.74) is 6.49. The number of halogens is 2. The summed E-state index contributed by atoms with van der Waals surface area (Å²) in [4.78, 5) is 7.02. The van der Waals surface area contributed by atoms with Gasteiger partial charge in [-0.25, -0.2) is 4.99 Å². The van der Waals surface area contributed by atoms with E-state index in [1.54, 1.807) is 0 Å². The summed E-state index contributed by atoms with van der Waals surface area (Å²) >= 11 is 11.9. The molecule has 0 saturated carbocycles. The smallest absolute Gasteiger partial charge is 0.230 e. The summed E-state index contributed by atoms with van der Waals surface area (Å²) in [5.74, 6) is 1.13. The third kappa shape index (κ3) is 5.09. The maximum Gasteiger partial charge on any atom is 0.230 e. The zero-order chi connectivity index (χ0) is 24.9. The second-order valence-corrected chi connectivity index (χ2v) is 9.55. The topological polar surface area (TPSA) is 19.5 Å². The van der Waals surface area contributed by atoms with E-state index in [-0.39, 0.29) is 0 Å². The van der Waals surface area contributed by atoms with Crippen LogP contribution in [0.3, 0.4) is 0 Å². The molecule has 0 radical (unpaired) electrons. The summed E-state index contributed by atoms with van der Waals surface area (Å²) in [6.07, 6.45) is 1.95. The van der Waals surface area contributed by atoms with Crippen LogP contribution >= 0.6 is 23.2 Å². The van der Waals surface area contributed by atoms with Gasteiger partial charge in [0.05, 0.1) is 17.3 Å². The Kier molecular flexibility index (Phi) is 7.50. The van der Waals surface area contributed by atoms with Crippen molar-refractivity contribution in [1.82, 2.24) is 0 Å². The first kappa shape index (κ1) is 24.3. The van der Waals surface area contributed by atoms with Crippen LogP contribution in [0.15, 0.2) is 102 Å². The van der Waals surface area contributed by atoms with Gasteiger partial charge in [0.15, 0.2) is 0 Å². The Bertz CT molecular complexity index is 1520. The number of nitrogens with zero attached hydrogens (tertiary/aromatic N) is 3. The van der Waals surface area contributed by atoms with Crippen molar-refractivity contribution in [3.63, 3.8) is 0 Å². The quantitative estimate of drug-likeness (QED) is 0.0905. The zero-order valence-electron chi connectivity index (χ0n) is 20.2. The average molecular weight is 513 g/mol. The molecule has 180 valence electrons. The fourth-order valence-electron chi connectivity index (χ4n) is 4.66. The van der Waals surface area contributed by atoms with Gasteiger partial charge in [-0.15, -0.1) is 23.2 Å². The van der Waals surface area contributed by atoms with Crippen LogP contribution in [-0.4, -0.2) is 31.1 Å². The number of hydrogen-bond donors (Lipinski definition) is 0. The Morgan fingerprint density at radius 1 is 0.778 bits per heavy atom. The fraction of sp³-hybridized carbons (Fsp3) is 0.161. The van der Waals surface area contributed by atoms with E-state index in [0.29, 0.717) is 11.8 Å². The molecule has 0 aliphatic carbocycles. The molecule has 0 unspecified atom stereocenters. The SMILES string of the molecule is Cc1cccc(-[n+]2c(C=Nc3ccc(N(CCCl)CCCl)cc3)ccc3c4ccccc4ccc32)c1. The molecule has 5 rings (SSSR count). The van der Waals surface area contributed by atoms with Crippen molar-refractivity contribution in [2.75, 3.05) is 29.7 Å². The number of hydrogen-bond acceptors (Lipinski definition) is 2. The number of aliphatic imine (C=N–C) groups is 1. The van der Waals surface area contributed by atoms with Crippen molar-refractivity contribution in [3.05, 3.63) is 108 Å². The molecular formula is C31H28Cl2N3+. The van der Waals surface area contributed by atoms with E-state index in [9.17, 15) is 0 Å². The van der Waals surface area contributed by atoms with Crippen LogP contribution in [0.4, 0.5) is 11.4 Å². The van der Waals surface area contributed by atoms with Gasteiger partial charge < -0.3 is 4.90 Å². The van der Waals surface area contributed by atoms with E-state index in [4.69, 9.17) is 28.2 Å². The molecule has 1 aromatic heterocycles. The standard InChI is InChI=1S/C31H28Cl2N3/c1-23-5-4-7-27(21-23)36-28(14-15-30-29-8-3-2-6-24(29)9-16-31(30)36)22-34-25-10-12-26(13-11-25)35(19-17-32)20-18-33/h2-16,21-22H,17-20H2,1H3/q+1. The highest BCUT2D eigenvalue weighted by atomic mass is 35.5. The molecule has 0 aliphatic rings. The van der Waals surface area contributed by atoms with Crippen molar-refractivity contribution in [1.29, 1.82) is 0 Å². The van der Waals surface area contributed by atoms with Gasteiger partial charge in [-0.3, -0.25) is 0 Å². The van der Waals surface area contributed by atoms with Gasteiger partial charge in [0, 0.05) is 54.8 Å². The molecule has 5 aromatic rings. The summed E-state index contributed by atoms with van der Waals surface area (Å²) in [7, 11) is 0. The fourth-order valence-corrected chi connectivity index (χ4v) is 5.06. The highest BCUT2D eigenvalue weighted by molar-refractivity contribution is 6.18. The highest BCUT2D eigenvalue weighted by Crippen LogP contribution is 2.25. The molecule has 0 bridgehead atoms. The molecule has 0 saturated heterocycles. The molecule has 0 aliphatic heterocycles. The lowest BCUT2D eigenvalue weighted by atomic mass is 10.0. The largest absolute Gasteiger partial charge is 0.369 e. The lowest BCUT2D eigenvalue weighted by Crippen LogP contribution is -2.36. The maximum absolute atomic E-state index is 5.97. The van der Waals surface area contributed by atoms with E-state index >= 15 is 0 Å². The summed E-state index contributed by atoms with van der Waals surface area (Å²) in [6.45, 7) is 3.65. The molecule has 0 atom stereocenters. The number of pyridine rings is 1. The first-order valence-electron chi connectivity index (χ1n) is 12.1. The van der Waals surface area contributed by atoms with E-state index < -0.39 is 0 Å². The third-order valence-corrected chi connectivity index (χ3v) is 6.74. The van der Waals surface area contributed by atoms with E-state index in [1.165, 1.54) is 21.7 Å². The first-order chi connectivity index (χ1) is 17.7. The molecule has 0 N–H and O–H groups in total. The number of anilines is 1. The maximum atomic E-state index is 5.97. The van der Waals surface area contributed by atoms with Crippen molar-refractivity contribution in [3.8, 4) is 5.69 Å². The normalized spacial score (nSPS) is 11.5. The van der Waals surface area contributed by atoms with Crippen LogP contribution in [0, 0.1) is 6.92 Å². The van der Waals surface area contributed by atoms with E-state index in [2.05, 4.69) is 101 Å². The van der Waals surface area contributed by atoms with Gasteiger partial charge in [-0.1, -0.05) is 36.4 Å². The molecule has 4 aromatic carbocycles. The van der Waals surface area contributed by atoms with Crippen LogP contribution in [-0.2, 0) is 0 Å². The summed E-state index contributed by atoms with van der Waals surface area (Å²) < 4.78 is 2.29. The number of rotatable bonds is 8. The number of fused-ring (bicyclic) bond motifs is 3. The van der Waals surface area contributed by atoms with Crippen LogP contribution in [0.1, 0.15) is 11.3 Å². The molecule has 1 heterocycles. The summed E-state index contributed by atoms with van der Waals surface area (Å²) in [6, 6.07) is 34.1. The minimum Gasteiger partial charge on any atom is -0.369 e. The van der Waals surface area contributed by atoms with Crippen molar-refractivity contribution < 1.29 is 4.57 Å². The predicted molar refractivity (Wildman–Crippen MR) is 155 cm³/mol. The molecule has 36 heavy (non-hydrogen) atoms. The number of aromatic nitrogens is 1. The highest BCUT2D eigenvalue weighted by Gasteiger charge is 2.19. The van der Waals surface area contributed by atoms with E-state index in [1.807, 2.05) is 18.3 Å². The Balaban J connectivity index is 1.58. The molecule has 3 nitrogen and oxygen atoms in total. The molecule has 5 heteroatoms. The Morgan fingerprint density at radius 3 is 2.31 bits per heavy atom. The van der Waals surface area contributed by atoms with Gasteiger partial charge in [-0.2, -0.15) is 4.57 Å². The minimum atomic E-state index is 0.563. The Labute approximate surface area is 222 Å². The van der Waals surface area contributed by atoms with Crippen LogP contribution in [0.5, 0.6) is 0 Å². The van der Waals surface area contributed by atoms with Crippen molar-refractivity contribution in [2.45, 2.75) is 6.92 Å². The Morgan fingerprint density at radius 2 is 1.56 bits per heavy atom. The van der Waals surface area contributed by atoms with Crippen LogP contribution in [0.25, 0.3) is 27.4 Å². The van der Waals surface area contributed by atoms with Crippen molar-refractivity contribution in [2.24, 2.45) is 4.99 Å². The molecule has 0 fully saturated rings. The van der Waals surface area contributed by atoms with Crippen LogP contribution in [0.2, 0.25) is 0 Å². The molecule has 0 spiro atoms. The average Bonchev–Trinajstić information content (AvgIpc) is 2.91. The van der Waals surface area contributed by atoms with Crippen molar-refractivity contribution >= 4 is 62.5 Å². The number of alkyl halides is 2. The number of benzene rings is 4. The molecular weight excluding hydrogens is 485 g/mol. The first-order valence-corrected chi connectivity index (χ1v) is 13.2. The van der Waals surface area contributed by atoms with Gasteiger partial charge in [0.25, 0.3) is 0 Å². The van der Waals surface area contributed by atoms with Gasteiger partial charge in [-0.05, 0) is 59.7 Å². The lowest BCUT2D eigenvalue weighted by molar-refractivity contribution is -0.568. The Hall–Kier alpha value is -3.40. The number of aryl methyl sites for hydroxylation is 1.